The van der Waals surface area contributed by atoms with Gasteiger partial charge in [0.2, 0.25) is 0 Å². The first-order valence-electron chi connectivity index (χ1n) is 6.57. The molecule has 15 heavy (non-hydrogen) atoms. The Morgan fingerprint density at radius 3 is 2.73 bits per heavy atom. The molecule has 1 aliphatic heterocycles. The van der Waals surface area contributed by atoms with Crippen molar-refractivity contribution in [3.8, 4) is 0 Å². The Hall–Kier alpha value is -0.0800. The van der Waals surface area contributed by atoms with Crippen LogP contribution in [0.25, 0.3) is 0 Å². The van der Waals surface area contributed by atoms with Gasteiger partial charge in [-0.25, -0.2) is 0 Å². The van der Waals surface area contributed by atoms with Crippen molar-refractivity contribution < 1.29 is 0 Å². The van der Waals surface area contributed by atoms with Crippen molar-refractivity contribution in [2.24, 2.45) is 5.92 Å². The molecule has 0 aromatic carbocycles. The maximum Gasteiger partial charge on any atom is 0.0277 e. The van der Waals surface area contributed by atoms with Crippen molar-refractivity contribution in [3.05, 3.63) is 0 Å². The summed E-state index contributed by atoms with van der Waals surface area (Å²) in [4.78, 5) is 2.65. The van der Waals surface area contributed by atoms with Gasteiger partial charge in [0.1, 0.15) is 0 Å². The molecule has 0 aromatic rings. The minimum atomic E-state index is 0.337. The Kier molecular flexibility index (Phi) is 5.07. The van der Waals surface area contributed by atoms with E-state index >= 15 is 0 Å². The predicted octanol–water partition coefficient (Wildman–Crippen LogP) is 2.50. The molecule has 1 rings (SSSR count). The van der Waals surface area contributed by atoms with Crippen LogP contribution in [0.5, 0.6) is 0 Å². The van der Waals surface area contributed by atoms with E-state index in [4.69, 9.17) is 0 Å². The Morgan fingerprint density at radius 1 is 1.40 bits per heavy atom. The fraction of sp³-hybridized carbons (Fsp3) is 1.00. The molecule has 90 valence electrons. The summed E-state index contributed by atoms with van der Waals surface area (Å²) in [6.45, 7) is 14.2. The van der Waals surface area contributed by atoms with Gasteiger partial charge in [-0.1, -0.05) is 27.2 Å². The Labute approximate surface area is 95.4 Å². The first kappa shape index (κ1) is 13.0. The van der Waals surface area contributed by atoms with Gasteiger partial charge in [0, 0.05) is 18.6 Å². The third-order valence-electron chi connectivity index (χ3n) is 3.82. The number of rotatable bonds is 4. The predicted molar refractivity (Wildman–Crippen MR) is 67.2 cm³/mol. The van der Waals surface area contributed by atoms with Crippen molar-refractivity contribution in [3.63, 3.8) is 0 Å². The maximum atomic E-state index is 3.69. The minimum Gasteiger partial charge on any atom is -0.310 e. The van der Waals surface area contributed by atoms with Crippen LogP contribution >= 0.6 is 0 Å². The van der Waals surface area contributed by atoms with Crippen LogP contribution in [-0.4, -0.2) is 36.6 Å². The van der Waals surface area contributed by atoms with Crippen LogP contribution in [0.3, 0.4) is 0 Å². The largest absolute Gasteiger partial charge is 0.310 e. The molecule has 0 radical (unpaired) electrons. The van der Waals surface area contributed by atoms with Gasteiger partial charge in [0.05, 0.1) is 0 Å². The molecule has 0 spiro atoms. The zero-order valence-corrected chi connectivity index (χ0v) is 11.0. The molecule has 0 amide bonds. The van der Waals surface area contributed by atoms with Crippen LogP contribution in [0, 0.1) is 5.92 Å². The van der Waals surface area contributed by atoms with E-state index in [1.165, 1.54) is 45.4 Å². The molecule has 0 aliphatic carbocycles. The highest BCUT2D eigenvalue weighted by atomic mass is 15.2. The van der Waals surface area contributed by atoms with E-state index < -0.39 is 0 Å². The lowest BCUT2D eigenvalue weighted by Gasteiger charge is -2.33. The Balaban J connectivity index is 2.49. The standard InChI is InChI=1S/C13H28N2/c1-5-12(3)10-15-9-7-8-14-13(4,6-2)11-15/h12,14H,5-11H2,1-4H3. The first-order chi connectivity index (χ1) is 7.09. The van der Waals surface area contributed by atoms with Crippen molar-refractivity contribution in [2.75, 3.05) is 26.2 Å². The van der Waals surface area contributed by atoms with Gasteiger partial charge in [-0.3, -0.25) is 0 Å². The van der Waals surface area contributed by atoms with Crippen LogP contribution < -0.4 is 5.32 Å². The Morgan fingerprint density at radius 2 is 2.13 bits per heavy atom. The van der Waals surface area contributed by atoms with Gasteiger partial charge in [-0.05, 0) is 38.8 Å². The molecule has 1 aliphatic rings. The summed E-state index contributed by atoms with van der Waals surface area (Å²) in [5, 5.41) is 3.69. The van der Waals surface area contributed by atoms with Crippen molar-refractivity contribution in [1.29, 1.82) is 0 Å². The average molecular weight is 212 g/mol. The van der Waals surface area contributed by atoms with E-state index in [-0.39, 0.29) is 0 Å². The van der Waals surface area contributed by atoms with Gasteiger partial charge in [0.25, 0.3) is 0 Å². The lowest BCUT2D eigenvalue weighted by atomic mass is 9.98. The lowest BCUT2D eigenvalue weighted by molar-refractivity contribution is 0.191. The van der Waals surface area contributed by atoms with Gasteiger partial charge >= 0.3 is 0 Å². The molecule has 1 fully saturated rings. The number of nitrogens with zero attached hydrogens (tertiary/aromatic N) is 1. The molecule has 2 atom stereocenters. The molecule has 2 unspecified atom stereocenters. The fourth-order valence-electron chi connectivity index (χ4n) is 2.28. The van der Waals surface area contributed by atoms with Crippen molar-refractivity contribution >= 4 is 0 Å². The second-order valence-corrected chi connectivity index (χ2v) is 5.44. The number of hydrogen-bond acceptors (Lipinski definition) is 2. The molecule has 0 saturated carbocycles. The highest BCUT2D eigenvalue weighted by Gasteiger charge is 2.27. The smallest absolute Gasteiger partial charge is 0.0277 e. The SMILES string of the molecule is CCC(C)CN1CCCNC(C)(CC)C1. The van der Waals surface area contributed by atoms with E-state index in [1.54, 1.807) is 0 Å². The summed E-state index contributed by atoms with van der Waals surface area (Å²) in [5.41, 5.74) is 0.337. The summed E-state index contributed by atoms with van der Waals surface area (Å²) >= 11 is 0. The third-order valence-corrected chi connectivity index (χ3v) is 3.82. The molecule has 0 bridgehead atoms. The quantitative estimate of drug-likeness (QED) is 0.770. The van der Waals surface area contributed by atoms with Crippen LogP contribution in [-0.2, 0) is 0 Å². The third kappa shape index (κ3) is 4.12. The molecule has 1 heterocycles. The molecule has 1 N–H and O–H groups in total. The van der Waals surface area contributed by atoms with Crippen molar-refractivity contribution in [1.82, 2.24) is 10.2 Å². The average Bonchev–Trinajstić information content (AvgIpc) is 2.41. The normalized spacial score (nSPS) is 31.2. The van der Waals surface area contributed by atoms with Crippen LogP contribution in [0.4, 0.5) is 0 Å². The summed E-state index contributed by atoms with van der Waals surface area (Å²) in [6, 6.07) is 0. The monoisotopic (exact) mass is 212 g/mol. The van der Waals surface area contributed by atoms with Gasteiger partial charge in [-0.15, -0.1) is 0 Å². The molecule has 2 heteroatoms. The number of nitrogens with one attached hydrogen (secondary N) is 1. The van der Waals surface area contributed by atoms with Gasteiger partial charge in [0.15, 0.2) is 0 Å². The highest BCUT2D eigenvalue weighted by Crippen LogP contribution is 2.16. The highest BCUT2D eigenvalue weighted by molar-refractivity contribution is 4.88. The fourth-order valence-corrected chi connectivity index (χ4v) is 2.28. The Bertz CT molecular complexity index is 181. The summed E-state index contributed by atoms with van der Waals surface area (Å²) < 4.78 is 0. The van der Waals surface area contributed by atoms with Crippen LogP contribution in [0.1, 0.15) is 47.0 Å². The summed E-state index contributed by atoms with van der Waals surface area (Å²) in [5.74, 6) is 0.837. The second kappa shape index (κ2) is 5.86. The molecule has 0 aromatic heterocycles. The second-order valence-electron chi connectivity index (χ2n) is 5.44. The van der Waals surface area contributed by atoms with E-state index in [1.807, 2.05) is 0 Å². The molecule has 1 saturated heterocycles. The van der Waals surface area contributed by atoms with E-state index in [9.17, 15) is 0 Å². The van der Waals surface area contributed by atoms with E-state index in [0.29, 0.717) is 5.54 Å². The first-order valence-corrected chi connectivity index (χ1v) is 6.57. The van der Waals surface area contributed by atoms with Gasteiger partial charge < -0.3 is 10.2 Å². The summed E-state index contributed by atoms with van der Waals surface area (Å²) in [7, 11) is 0. The lowest BCUT2D eigenvalue weighted by Crippen LogP contribution is -2.49. The minimum absolute atomic E-state index is 0.337. The molecular weight excluding hydrogens is 184 g/mol. The molecular formula is C13H28N2. The van der Waals surface area contributed by atoms with E-state index in [0.717, 1.165) is 5.92 Å². The zero-order chi connectivity index (χ0) is 11.3. The van der Waals surface area contributed by atoms with Crippen molar-refractivity contribution in [2.45, 2.75) is 52.5 Å². The zero-order valence-electron chi connectivity index (χ0n) is 11.0. The van der Waals surface area contributed by atoms with E-state index in [2.05, 4.69) is 37.9 Å². The van der Waals surface area contributed by atoms with Crippen LogP contribution in [0.15, 0.2) is 0 Å². The van der Waals surface area contributed by atoms with Crippen LogP contribution in [0.2, 0.25) is 0 Å². The topological polar surface area (TPSA) is 15.3 Å². The molecule has 2 nitrogen and oxygen atoms in total. The number of hydrogen-bond donors (Lipinski definition) is 1. The maximum absolute atomic E-state index is 3.69. The summed E-state index contributed by atoms with van der Waals surface area (Å²) in [6.07, 6.45) is 3.82. The van der Waals surface area contributed by atoms with Gasteiger partial charge in [-0.2, -0.15) is 0 Å².